The molecule has 3 rings (SSSR count). The van der Waals surface area contributed by atoms with Crippen molar-refractivity contribution in [2.24, 2.45) is 0 Å². The standard InChI is InChI=1S/C17H16Cl2FN3O/c18-12-3-1-2-10(6-12)15-8-16(23-22-15)17(24)21-9-11-4-5-13(20)7-14(11)19/h1-7,15-16,22-23H,8-9H2,(H,21,24). The monoisotopic (exact) mass is 367 g/mol. The van der Waals surface area contributed by atoms with Gasteiger partial charge < -0.3 is 5.32 Å². The van der Waals surface area contributed by atoms with Crippen LogP contribution in [0.4, 0.5) is 4.39 Å². The number of carbonyl (C=O) groups is 1. The molecule has 0 aromatic heterocycles. The molecule has 0 radical (unpaired) electrons. The maximum Gasteiger partial charge on any atom is 0.238 e. The van der Waals surface area contributed by atoms with Crippen molar-refractivity contribution < 1.29 is 9.18 Å². The van der Waals surface area contributed by atoms with Gasteiger partial charge in [0.25, 0.3) is 0 Å². The number of halogens is 3. The van der Waals surface area contributed by atoms with E-state index < -0.39 is 5.82 Å². The highest BCUT2D eigenvalue weighted by atomic mass is 35.5. The Balaban J connectivity index is 1.56. The van der Waals surface area contributed by atoms with Crippen LogP contribution in [-0.2, 0) is 11.3 Å². The molecule has 3 N–H and O–H groups in total. The zero-order valence-corrected chi connectivity index (χ0v) is 14.2. The van der Waals surface area contributed by atoms with Crippen molar-refractivity contribution in [2.75, 3.05) is 0 Å². The van der Waals surface area contributed by atoms with Crippen molar-refractivity contribution in [3.8, 4) is 0 Å². The molecule has 0 saturated carbocycles. The van der Waals surface area contributed by atoms with E-state index in [1.807, 2.05) is 24.3 Å². The molecule has 1 heterocycles. The van der Waals surface area contributed by atoms with Gasteiger partial charge in [0.1, 0.15) is 11.9 Å². The van der Waals surface area contributed by atoms with Gasteiger partial charge in [-0.05, 0) is 41.8 Å². The molecule has 1 aliphatic rings. The quantitative estimate of drug-likeness (QED) is 0.776. The third-order valence-corrected chi connectivity index (χ3v) is 4.53. The summed E-state index contributed by atoms with van der Waals surface area (Å²) in [6.45, 7) is 0.248. The molecule has 0 bridgehead atoms. The van der Waals surface area contributed by atoms with E-state index in [2.05, 4.69) is 16.2 Å². The Morgan fingerprint density at radius 1 is 1.21 bits per heavy atom. The lowest BCUT2D eigenvalue weighted by atomic mass is 10.0. The molecule has 7 heteroatoms. The Morgan fingerprint density at radius 3 is 2.79 bits per heavy atom. The first-order valence-electron chi connectivity index (χ1n) is 7.51. The number of amides is 1. The number of rotatable bonds is 4. The number of benzene rings is 2. The molecule has 1 fully saturated rings. The molecule has 126 valence electrons. The van der Waals surface area contributed by atoms with E-state index in [1.54, 1.807) is 6.07 Å². The average Bonchev–Trinajstić information content (AvgIpc) is 3.04. The van der Waals surface area contributed by atoms with Gasteiger partial charge in [-0.25, -0.2) is 15.2 Å². The van der Waals surface area contributed by atoms with Gasteiger partial charge in [-0.15, -0.1) is 0 Å². The molecule has 2 atom stereocenters. The maximum absolute atomic E-state index is 13.0. The SMILES string of the molecule is O=C(NCc1ccc(F)cc1Cl)C1CC(c2cccc(Cl)c2)NN1. The van der Waals surface area contributed by atoms with E-state index in [4.69, 9.17) is 23.2 Å². The normalized spacial score (nSPS) is 20.1. The van der Waals surface area contributed by atoms with Crippen LogP contribution in [0.3, 0.4) is 0 Å². The average molecular weight is 368 g/mol. The molecular weight excluding hydrogens is 352 g/mol. The summed E-state index contributed by atoms with van der Waals surface area (Å²) in [6, 6.07) is 11.3. The van der Waals surface area contributed by atoms with Crippen molar-refractivity contribution in [1.29, 1.82) is 0 Å². The van der Waals surface area contributed by atoms with Crippen molar-refractivity contribution >= 4 is 29.1 Å². The van der Waals surface area contributed by atoms with Gasteiger partial charge in [-0.1, -0.05) is 41.4 Å². The first kappa shape index (κ1) is 17.2. The minimum atomic E-state index is -0.402. The molecule has 2 aromatic carbocycles. The Labute approximate surface area is 149 Å². The second kappa shape index (κ2) is 7.49. The maximum atomic E-state index is 13.0. The van der Waals surface area contributed by atoms with Crippen LogP contribution in [0.5, 0.6) is 0 Å². The fourth-order valence-corrected chi connectivity index (χ4v) is 3.07. The summed E-state index contributed by atoms with van der Waals surface area (Å²) >= 11 is 12.0. The zero-order chi connectivity index (χ0) is 17.1. The lowest BCUT2D eigenvalue weighted by Crippen LogP contribution is -2.42. The van der Waals surface area contributed by atoms with Crippen LogP contribution in [0.25, 0.3) is 0 Å². The highest BCUT2D eigenvalue weighted by Gasteiger charge is 2.30. The van der Waals surface area contributed by atoms with Crippen molar-refractivity contribution in [2.45, 2.75) is 25.0 Å². The molecule has 0 aliphatic carbocycles. The molecule has 4 nitrogen and oxygen atoms in total. The van der Waals surface area contributed by atoms with Crippen LogP contribution >= 0.6 is 23.2 Å². The van der Waals surface area contributed by atoms with Crippen LogP contribution in [0.2, 0.25) is 10.0 Å². The predicted octanol–water partition coefficient (Wildman–Crippen LogP) is 3.36. The molecule has 1 saturated heterocycles. The fraction of sp³-hybridized carbons (Fsp3) is 0.235. The molecule has 0 spiro atoms. The minimum Gasteiger partial charge on any atom is -0.351 e. The van der Waals surface area contributed by atoms with Crippen molar-refractivity contribution in [3.63, 3.8) is 0 Å². The Kier molecular flexibility index (Phi) is 5.36. The van der Waals surface area contributed by atoms with Crippen LogP contribution < -0.4 is 16.2 Å². The molecule has 2 unspecified atom stereocenters. The van der Waals surface area contributed by atoms with E-state index in [0.717, 1.165) is 5.56 Å². The van der Waals surface area contributed by atoms with Gasteiger partial charge in [0.15, 0.2) is 0 Å². The summed E-state index contributed by atoms with van der Waals surface area (Å²) in [4.78, 5) is 12.3. The van der Waals surface area contributed by atoms with Gasteiger partial charge in [-0.3, -0.25) is 4.79 Å². The number of hydrogen-bond donors (Lipinski definition) is 3. The van der Waals surface area contributed by atoms with Gasteiger partial charge in [0.05, 0.1) is 0 Å². The number of hydrazine groups is 1. The summed E-state index contributed by atoms with van der Waals surface area (Å²) in [6.07, 6.45) is 0.601. The number of carbonyl (C=O) groups excluding carboxylic acids is 1. The smallest absolute Gasteiger partial charge is 0.238 e. The second-order valence-corrected chi connectivity index (χ2v) is 6.48. The van der Waals surface area contributed by atoms with Gasteiger partial charge in [0, 0.05) is 22.6 Å². The fourth-order valence-electron chi connectivity index (χ4n) is 2.64. The lowest BCUT2D eigenvalue weighted by molar-refractivity contribution is -0.123. The predicted molar refractivity (Wildman–Crippen MR) is 92.1 cm³/mol. The summed E-state index contributed by atoms with van der Waals surface area (Å²) in [5.74, 6) is -0.548. The second-order valence-electron chi connectivity index (χ2n) is 5.64. The number of nitrogens with one attached hydrogen (secondary N) is 3. The molecule has 1 aliphatic heterocycles. The van der Waals surface area contributed by atoms with Gasteiger partial charge >= 0.3 is 0 Å². The summed E-state index contributed by atoms with van der Waals surface area (Å²) in [7, 11) is 0. The van der Waals surface area contributed by atoms with Crippen LogP contribution in [-0.4, -0.2) is 11.9 Å². The molecular formula is C17H16Cl2FN3O. The largest absolute Gasteiger partial charge is 0.351 e. The lowest BCUT2D eigenvalue weighted by Gasteiger charge is -2.12. The highest BCUT2D eigenvalue weighted by Crippen LogP contribution is 2.24. The van der Waals surface area contributed by atoms with E-state index in [9.17, 15) is 9.18 Å². The Bertz CT molecular complexity index is 756. The Morgan fingerprint density at radius 2 is 2.04 bits per heavy atom. The summed E-state index contributed by atoms with van der Waals surface area (Å²) in [5.41, 5.74) is 7.78. The third-order valence-electron chi connectivity index (χ3n) is 3.94. The molecule has 1 amide bonds. The zero-order valence-electron chi connectivity index (χ0n) is 12.7. The third kappa shape index (κ3) is 4.05. The van der Waals surface area contributed by atoms with Crippen LogP contribution in [0.1, 0.15) is 23.6 Å². The highest BCUT2D eigenvalue weighted by molar-refractivity contribution is 6.31. The van der Waals surface area contributed by atoms with Gasteiger partial charge in [-0.2, -0.15) is 0 Å². The van der Waals surface area contributed by atoms with E-state index in [1.165, 1.54) is 12.1 Å². The van der Waals surface area contributed by atoms with Crippen molar-refractivity contribution in [3.05, 3.63) is 69.5 Å². The van der Waals surface area contributed by atoms with E-state index in [0.29, 0.717) is 22.0 Å². The van der Waals surface area contributed by atoms with E-state index >= 15 is 0 Å². The Hall–Kier alpha value is -1.66. The first-order chi connectivity index (χ1) is 11.5. The minimum absolute atomic E-state index is 0.00820. The van der Waals surface area contributed by atoms with Crippen molar-refractivity contribution in [1.82, 2.24) is 16.2 Å². The van der Waals surface area contributed by atoms with Crippen LogP contribution in [0.15, 0.2) is 42.5 Å². The topological polar surface area (TPSA) is 53.2 Å². The molecule has 2 aromatic rings. The van der Waals surface area contributed by atoms with Gasteiger partial charge in [0.2, 0.25) is 5.91 Å². The number of hydrogen-bond acceptors (Lipinski definition) is 3. The first-order valence-corrected chi connectivity index (χ1v) is 8.26. The summed E-state index contributed by atoms with van der Waals surface area (Å²) in [5, 5.41) is 3.77. The van der Waals surface area contributed by atoms with Crippen LogP contribution in [0, 0.1) is 5.82 Å². The molecule has 24 heavy (non-hydrogen) atoms. The van der Waals surface area contributed by atoms with E-state index in [-0.39, 0.29) is 24.5 Å². The summed E-state index contributed by atoms with van der Waals surface area (Å²) < 4.78 is 13.0.